The molecule has 2 aliphatic heterocycles. The fraction of sp³-hybridized carbons (Fsp3) is 0.600. The maximum absolute atomic E-state index is 6.29. The van der Waals surface area contributed by atoms with Crippen molar-refractivity contribution in [3.05, 3.63) is 23.8 Å². The topological polar surface area (TPSA) is 39.7 Å². The molecule has 1 aromatic carbocycles. The van der Waals surface area contributed by atoms with Gasteiger partial charge in [-0.25, -0.2) is 0 Å². The lowest BCUT2D eigenvalue weighted by molar-refractivity contribution is -0.0852. The smallest absolute Gasteiger partial charge is 0.134 e. The summed E-state index contributed by atoms with van der Waals surface area (Å²) < 4.78 is 17.2. The molecule has 2 unspecified atom stereocenters. The first-order valence-electron chi connectivity index (χ1n) is 6.88. The van der Waals surface area contributed by atoms with Crippen molar-refractivity contribution in [1.82, 2.24) is 5.32 Å². The van der Waals surface area contributed by atoms with Gasteiger partial charge in [-0.3, -0.25) is 0 Å². The summed E-state index contributed by atoms with van der Waals surface area (Å²) in [7, 11) is 3.68. The Morgan fingerprint density at radius 2 is 2.32 bits per heavy atom. The van der Waals surface area contributed by atoms with Gasteiger partial charge in [0.2, 0.25) is 0 Å². The quantitative estimate of drug-likeness (QED) is 0.888. The third-order valence-electron chi connectivity index (χ3n) is 4.13. The van der Waals surface area contributed by atoms with Crippen LogP contribution >= 0.6 is 0 Å². The lowest BCUT2D eigenvalue weighted by Gasteiger charge is -2.44. The zero-order valence-corrected chi connectivity index (χ0v) is 11.6. The number of nitrogens with one attached hydrogen (secondary N) is 1. The predicted octanol–water partition coefficient (Wildman–Crippen LogP) is 2.29. The largest absolute Gasteiger partial charge is 0.497 e. The van der Waals surface area contributed by atoms with Crippen molar-refractivity contribution in [2.45, 2.75) is 30.9 Å². The summed E-state index contributed by atoms with van der Waals surface area (Å²) in [6.45, 7) is 1.53. The van der Waals surface area contributed by atoms with Gasteiger partial charge in [0.25, 0.3) is 0 Å². The lowest BCUT2D eigenvalue weighted by atomic mass is 9.83. The van der Waals surface area contributed by atoms with E-state index in [1.807, 2.05) is 19.2 Å². The minimum Gasteiger partial charge on any atom is -0.497 e. The maximum atomic E-state index is 6.29. The Bertz CT molecular complexity index is 455. The Morgan fingerprint density at radius 3 is 3.00 bits per heavy atom. The first-order valence-corrected chi connectivity index (χ1v) is 6.88. The molecule has 0 bridgehead atoms. The van der Waals surface area contributed by atoms with Gasteiger partial charge in [0.15, 0.2) is 0 Å². The summed E-state index contributed by atoms with van der Waals surface area (Å²) in [6.07, 6.45) is 3.08. The number of rotatable bonds is 2. The molecule has 1 spiro atoms. The Balaban J connectivity index is 1.95. The van der Waals surface area contributed by atoms with Crippen molar-refractivity contribution in [3.8, 4) is 11.5 Å². The maximum Gasteiger partial charge on any atom is 0.134 e. The van der Waals surface area contributed by atoms with Crippen molar-refractivity contribution in [2.75, 3.05) is 27.4 Å². The minimum atomic E-state index is -0.175. The van der Waals surface area contributed by atoms with Crippen LogP contribution in [0.5, 0.6) is 11.5 Å². The zero-order valence-electron chi connectivity index (χ0n) is 11.6. The highest BCUT2D eigenvalue weighted by atomic mass is 16.5. The summed E-state index contributed by atoms with van der Waals surface area (Å²) in [6, 6.07) is 6.37. The molecule has 1 aromatic rings. The standard InChI is InChI=1S/C15H21NO3/c1-16-13-9-15(6-3-7-18-10-15)19-14-8-11(17-2)4-5-12(13)14/h4-5,8,13,16H,3,6-7,9-10H2,1-2H3. The van der Waals surface area contributed by atoms with Crippen LogP contribution < -0.4 is 14.8 Å². The Kier molecular flexibility index (Phi) is 3.37. The molecule has 0 amide bonds. The summed E-state index contributed by atoms with van der Waals surface area (Å²) in [5.41, 5.74) is 1.03. The molecule has 0 radical (unpaired) electrons. The van der Waals surface area contributed by atoms with Gasteiger partial charge in [-0.05, 0) is 26.0 Å². The molecule has 0 aliphatic carbocycles. The van der Waals surface area contributed by atoms with Gasteiger partial charge < -0.3 is 19.5 Å². The first-order chi connectivity index (χ1) is 9.26. The van der Waals surface area contributed by atoms with Crippen LogP contribution in [0.15, 0.2) is 18.2 Å². The molecular weight excluding hydrogens is 242 g/mol. The Morgan fingerprint density at radius 1 is 1.42 bits per heavy atom. The Hall–Kier alpha value is -1.26. The zero-order chi connectivity index (χ0) is 13.3. The van der Waals surface area contributed by atoms with Crippen LogP contribution in [0.2, 0.25) is 0 Å². The number of hydrogen-bond acceptors (Lipinski definition) is 4. The van der Waals surface area contributed by atoms with Crippen molar-refractivity contribution < 1.29 is 14.2 Å². The fourth-order valence-corrected chi connectivity index (χ4v) is 3.10. The van der Waals surface area contributed by atoms with Crippen molar-refractivity contribution in [3.63, 3.8) is 0 Å². The molecule has 4 nitrogen and oxygen atoms in total. The molecule has 2 heterocycles. The number of methoxy groups -OCH3 is 1. The molecule has 2 aliphatic rings. The van der Waals surface area contributed by atoms with E-state index in [2.05, 4.69) is 11.4 Å². The molecule has 0 saturated carbocycles. The van der Waals surface area contributed by atoms with Gasteiger partial charge in [-0.2, -0.15) is 0 Å². The first kappa shape index (κ1) is 12.8. The molecule has 3 rings (SSSR count). The van der Waals surface area contributed by atoms with Crippen LogP contribution in [0.25, 0.3) is 0 Å². The van der Waals surface area contributed by atoms with Gasteiger partial charge in [0, 0.05) is 30.7 Å². The highest BCUT2D eigenvalue weighted by molar-refractivity contribution is 5.44. The number of hydrogen-bond donors (Lipinski definition) is 1. The van der Waals surface area contributed by atoms with Crippen molar-refractivity contribution >= 4 is 0 Å². The van der Waals surface area contributed by atoms with Crippen LogP contribution in [-0.2, 0) is 4.74 Å². The number of benzene rings is 1. The second-order valence-electron chi connectivity index (χ2n) is 5.39. The average Bonchev–Trinajstić information content (AvgIpc) is 2.46. The average molecular weight is 263 g/mol. The van der Waals surface area contributed by atoms with E-state index >= 15 is 0 Å². The monoisotopic (exact) mass is 263 g/mol. The second-order valence-corrected chi connectivity index (χ2v) is 5.39. The summed E-state index contributed by atoms with van der Waals surface area (Å²) in [5.74, 6) is 1.76. The third kappa shape index (κ3) is 2.30. The molecule has 1 saturated heterocycles. The van der Waals surface area contributed by atoms with Gasteiger partial charge in [0.05, 0.1) is 13.7 Å². The van der Waals surface area contributed by atoms with Gasteiger partial charge in [-0.1, -0.05) is 6.07 Å². The van der Waals surface area contributed by atoms with Crippen LogP contribution in [0.1, 0.15) is 30.9 Å². The summed E-state index contributed by atoms with van der Waals surface area (Å²) >= 11 is 0. The van der Waals surface area contributed by atoms with Crippen molar-refractivity contribution in [2.24, 2.45) is 0 Å². The molecule has 2 atom stereocenters. The molecule has 1 N–H and O–H groups in total. The van der Waals surface area contributed by atoms with Gasteiger partial charge >= 0.3 is 0 Å². The van der Waals surface area contributed by atoms with E-state index in [4.69, 9.17) is 14.2 Å². The predicted molar refractivity (Wildman–Crippen MR) is 72.8 cm³/mol. The fourth-order valence-electron chi connectivity index (χ4n) is 3.10. The summed E-state index contributed by atoms with van der Waals surface area (Å²) in [5, 5.41) is 3.39. The third-order valence-corrected chi connectivity index (χ3v) is 4.13. The van der Waals surface area contributed by atoms with Crippen LogP contribution in [-0.4, -0.2) is 33.0 Å². The van der Waals surface area contributed by atoms with E-state index in [0.717, 1.165) is 37.4 Å². The van der Waals surface area contributed by atoms with Crippen LogP contribution in [0.4, 0.5) is 0 Å². The second kappa shape index (κ2) is 5.02. The van der Waals surface area contributed by atoms with Crippen molar-refractivity contribution in [1.29, 1.82) is 0 Å². The molecule has 4 heteroatoms. The normalized spacial score (nSPS) is 29.7. The lowest BCUT2D eigenvalue weighted by Crippen LogP contribution is -2.49. The molecule has 0 aromatic heterocycles. The Labute approximate surface area is 114 Å². The van der Waals surface area contributed by atoms with E-state index in [1.54, 1.807) is 7.11 Å². The van der Waals surface area contributed by atoms with Crippen LogP contribution in [0, 0.1) is 0 Å². The van der Waals surface area contributed by atoms with E-state index in [-0.39, 0.29) is 5.60 Å². The van der Waals surface area contributed by atoms with E-state index < -0.39 is 0 Å². The SMILES string of the molecule is CNC1CC2(CCCOC2)Oc2cc(OC)ccc21. The van der Waals surface area contributed by atoms with Crippen LogP contribution in [0.3, 0.4) is 0 Å². The molecule has 1 fully saturated rings. The molecule has 104 valence electrons. The van der Waals surface area contributed by atoms with Gasteiger partial charge in [-0.15, -0.1) is 0 Å². The summed E-state index contributed by atoms with van der Waals surface area (Å²) in [4.78, 5) is 0. The minimum absolute atomic E-state index is 0.175. The highest BCUT2D eigenvalue weighted by Crippen LogP contribution is 2.44. The molecular formula is C15H21NO3. The molecule has 19 heavy (non-hydrogen) atoms. The number of ether oxygens (including phenoxy) is 3. The van der Waals surface area contributed by atoms with E-state index in [9.17, 15) is 0 Å². The highest BCUT2D eigenvalue weighted by Gasteiger charge is 2.42. The van der Waals surface area contributed by atoms with E-state index in [0.29, 0.717) is 12.6 Å². The van der Waals surface area contributed by atoms with Gasteiger partial charge in [0.1, 0.15) is 17.1 Å². The number of fused-ring (bicyclic) bond motifs is 1. The van der Waals surface area contributed by atoms with E-state index in [1.165, 1.54) is 5.56 Å².